The van der Waals surface area contributed by atoms with Gasteiger partial charge in [0, 0.05) is 0 Å². The fourth-order valence-electron chi connectivity index (χ4n) is 4.19. The van der Waals surface area contributed by atoms with Gasteiger partial charge < -0.3 is 5.32 Å². The van der Waals surface area contributed by atoms with Gasteiger partial charge in [-0.3, -0.25) is 0 Å². The van der Waals surface area contributed by atoms with Crippen LogP contribution in [0.1, 0.15) is 60.8 Å². The van der Waals surface area contributed by atoms with Crippen LogP contribution in [-0.4, -0.2) is 13.6 Å². The summed E-state index contributed by atoms with van der Waals surface area (Å²) in [7, 11) is 2.06. The van der Waals surface area contributed by atoms with Gasteiger partial charge in [-0.15, -0.1) is 0 Å². The molecular formula is C18H37N. The van der Waals surface area contributed by atoms with E-state index in [2.05, 4.69) is 53.9 Å². The first kappa shape index (κ1) is 17.0. The molecule has 0 aromatic heterocycles. The molecule has 1 heteroatoms. The van der Waals surface area contributed by atoms with Crippen LogP contribution in [0.2, 0.25) is 0 Å². The molecule has 1 nitrogen and oxygen atoms in total. The van der Waals surface area contributed by atoms with Gasteiger partial charge in [0.05, 0.1) is 0 Å². The predicted octanol–water partition coefficient (Wildman–Crippen LogP) is 4.82. The van der Waals surface area contributed by atoms with E-state index in [-0.39, 0.29) is 0 Å². The smallest absolute Gasteiger partial charge is 0.00262 e. The lowest BCUT2D eigenvalue weighted by Gasteiger charge is -2.20. The van der Waals surface area contributed by atoms with Gasteiger partial charge in [0.15, 0.2) is 0 Å². The van der Waals surface area contributed by atoms with Crippen molar-refractivity contribution in [2.24, 2.45) is 41.4 Å². The summed E-state index contributed by atoms with van der Waals surface area (Å²) in [4.78, 5) is 0. The zero-order chi connectivity index (χ0) is 14.6. The van der Waals surface area contributed by atoms with Crippen molar-refractivity contribution in [3.63, 3.8) is 0 Å². The van der Waals surface area contributed by atoms with E-state index in [4.69, 9.17) is 0 Å². The van der Waals surface area contributed by atoms with Crippen molar-refractivity contribution < 1.29 is 0 Å². The van der Waals surface area contributed by atoms with Crippen LogP contribution < -0.4 is 5.32 Å². The van der Waals surface area contributed by atoms with Crippen molar-refractivity contribution in [2.75, 3.05) is 13.6 Å². The molecule has 114 valence electrons. The average molecular weight is 268 g/mol. The molecule has 19 heavy (non-hydrogen) atoms. The van der Waals surface area contributed by atoms with Gasteiger partial charge in [-0.2, -0.15) is 0 Å². The standard InChI is InChI=1S/C18H37N/c1-8-13(3)15(5)18-16(6)17(18)14(4)10-9-12(2)11-19-7/h12-19H,8-11H2,1-7H3. The number of nitrogens with one attached hydrogen (secondary N) is 1. The highest BCUT2D eigenvalue weighted by Gasteiger charge is 2.52. The Morgan fingerprint density at radius 3 is 2.16 bits per heavy atom. The van der Waals surface area contributed by atoms with E-state index < -0.39 is 0 Å². The lowest BCUT2D eigenvalue weighted by molar-refractivity contribution is 0.292. The number of hydrogen-bond acceptors (Lipinski definition) is 1. The molecule has 7 unspecified atom stereocenters. The van der Waals surface area contributed by atoms with E-state index in [0.29, 0.717) is 0 Å². The Balaban J connectivity index is 2.36. The highest BCUT2D eigenvalue weighted by Crippen LogP contribution is 2.57. The summed E-state index contributed by atoms with van der Waals surface area (Å²) in [5.41, 5.74) is 0. The lowest BCUT2D eigenvalue weighted by atomic mass is 9.85. The molecule has 1 rings (SSSR count). The zero-order valence-corrected chi connectivity index (χ0v) is 14.4. The molecule has 1 aliphatic carbocycles. The first-order chi connectivity index (χ1) is 8.93. The summed E-state index contributed by atoms with van der Waals surface area (Å²) in [6.07, 6.45) is 4.14. The molecule has 0 radical (unpaired) electrons. The topological polar surface area (TPSA) is 12.0 Å². The van der Waals surface area contributed by atoms with Crippen LogP contribution in [0.3, 0.4) is 0 Å². The second-order valence-corrected chi connectivity index (χ2v) is 7.48. The molecule has 1 N–H and O–H groups in total. The van der Waals surface area contributed by atoms with Crippen molar-refractivity contribution in [3.05, 3.63) is 0 Å². The van der Waals surface area contributed by atoms with Crippen LogP contribution in [-0.2, 0) is 0 Å². The summed E-state index contributed by atoms with van der Waals surface area (Å²) < 4.78 is 0. The summed E-state index contributed by atoms with van der Waals surface area (Å²) in [5.74, 6) is 6.54. The molecule has 0 aliphatic heterocycles. The number of hydrogen-bond donors (Lipinski definition) is 1. The summed E-state index contributed by atoms with van der Waals surface area (Å²) in [5, 5.41) is 3.29. The van der Waals surface area contributed by atoms with E-state index in [1.165, 1.54) is 25.8 Å². The van der Waals surface area contributed by atoms with Gasteiger partial charge in [0.1, 0.15) is 0 Å². The molecule has 7 atom stereocenters. The zero-order valence-electron chi connectivity index (χ0n) is 14.4. The second kappa shape index (κ2) is 7.67. The van der Waals surface area contributed by atoms with Gasteiger partial charge in [-0.1, -0.05) is 54.4 Å². The SMILES string of the molecule is CCC(C)C(C)C1C(C)C1C(C)CCC(C)CNC. The normalized spacial score (nSPS) is 32.7. The largest absolute Gasteiger partial charge is 0.319 e. The number of rotatable bonds is 9. The molecule has 0 aromatic carbocycles. The van der Waals surface area contributed by atoms with Crippen LogP contribution in [0.4, 0.5) is 0 Å². The van der Waals surface area contributed by atoms with E-state index in [1.54, 1.807) is 0 Å². The van der Waals surface area contributed by atoms with Crippen molar-refractivity contribution >= 4 is 0 Å². The maximum Gasteiger partial charge on any atom is -0.00262 e. The quantitative estimate of drug-likeness (QED) is 0.631. The Morgan fingerprint density at radius 1 is 1.00 bits per heavy atom. The summed E-state index contributed by atoms with van der Waals surface area (Å²) in [6, 6.07) is 0. The van der Waals surface area contributed by atoms with E-state index in [0.717, 1.165) is 41.4 Å². The summed E-state index contributed by atoms with van der Waals surface area (Å²) >= 11 is 0. The molecule has 1 saturated carbocycles. The Labute approximate surface area is 121 Å². The molecule has 0 amide bonds. The minimum absolute atomic E-state index is 0.826. The molecular weight excluding hydrogens is 230 g/mol. The monoisotopic (exact) mass is 267 g/mol. The third kappa shape index (κ3) is 4.48. The third-order valence-corrected chi connectivity index (χ3v) is 5.99. The van der Waals surface area contributed by atoms with Gasteiger partial charge in [0.25, 0.3) is 0 Å². The van der Waals surface area contributed by atoms with Gasteiger partial charge in [0.2, 0.25) is 0 Å². The molecule has 0 heterocycles. The molecule has 0 bridgehead atoms. The van der Waals surface area contributed by atoms with Crippen LogP contribution in [0.5, 0.6) is 0 Å². The van der Waals surface area contributed by atoms with E-state index in [1.807, 2.05) is 0 Å². The predicted molar refractivity (Wildman–Crippen MR) is 86.3 cm³/mol. The van der Waals surface area contributed by atoms with Gasteiger partial charge in [-0.05, 0) is 61.4 Å². The van der Waals surface area contributed by atoms with Crippen LogP contribution >= 0.6 is 0 Å². The molecule has 1 fully saturated rings. The second-order valence-electron chi connectivity index (χ2n) is 7.48. The van der Waals surface area contributed by atoms with E-state index >= 15 is 0 Å². The first-order valence-electron chi connectivity index (χ1n) is 8.58. The minimum Gasteiger partial charge on any atom is -0.319 e. The van der Waals surface area contributed by atoms with Crippen LogP contribution in [0.25, 0.3) is 0 Å². The van der Waals surface area contributed by atoms with Crippen LogP contribution in [0, 0.1) is 41.4 Å². The lowest BCUT2D eigenvalue weighted by Crippen LogP contribution is -2.17. The Kier molecular flexibility index (Phi) is 6.86. The molecule has 1 aliphatic rings. The fraction of sp³-hybridized carbons (Fsp3) is 1.00. The molecule has 0 spiro atoms. The highest BCUT2D eigenvalue weighted by molar-refractivity contribution is 5.00. The minimum atomic E-state index is 0.826. The van der Waals surface area contributed by atoms with Gasteiger partial charge >= 0.3 is 0 Å². The third-order valence-electron chi connectivity index (χ3n) is 5.99. The van der Waals surface area contributed by atoms with Crippen molar-refractivity contribution in [2.45, 2.75) is 60.8 Å². The first-order valence-corrected chi connectivity index (χ1v) is 8.58. The van der Waals surface area contributed by atoms with Crippen LogP contribution in [0.15, 0.2) is 0 Å². The highest BCUT2D eigenvalue weighted by atomic mass is 14.8. The summed E-state index contributed by atoms with van der Waals surface area (Å²) in [6.45, 7) is 15.8. The Morgan fingerprint density at radius 2 is 1.63 bits per heavy atom. The van der Waals surface area contributed by atoms with Crippen molar-refractivity contribution in [3.8, 4) is 0 Å². The Hall–Kier alpha value is -0.0400. The average Bonchev–Trinajstić information content (AvgIpc) is 3.06. The Bertz CT molecular complexity index is 250. The van der Waals surface area contributed by atoms with Crippen molar-refractivity contribution in [1.82, 2.24) is 5.32 Å². The maximum atomic E-state index is 3.29. The van der Waals surface area contributed by atoms with Gasteiger partial charge in [-0.25, -0.2) is 0 Å². The fourth-order valence-corrected chi connectivity index (χ4v) is 4.19. The van der Waals surface area contributed by atoms with Crippen molar-refractivity contribution in [1.29, 1.82) is 0 Å². The van der Waals surface area contributed by atoms with E-state index in [9.17, 15) is 0 Å². The maximum absolute atomic E-state index is 3.29. The molecule has 0 saturated heterocycles. The molecule has 0 aromatic rings.